The molecule has 5 nitrogen and oxygen atoms in total. The van der Waals surface area contributed by atoms with Crippen LogP contribution in [0.1, 0.15) is 44.9 Å². The van der Waals surface area contributed by atoms with Gasteiger partial charge in [0.1, 0.15) is 0 Å². The van der Waals surface area contributed by atoms with Gasteiger partial charge in [0.2, 0.25) is 0 Å². The van der Waals surface area contributed by atoms with Crippen molar-refractivity contribution < 1.29 is 14.7 Å². The van der Waals surface area contributed by atoms with Crippen molar-refractivity contribution in [2.24, 2.45) is 5.92 Å². The molecule has 3 N–H and O–H groups in total. The van der Waals surface area contributed by atoms with E-state index in [1.165, 1.54) is 12.8 Å². The molecule has 0 spiro atoms. The van der Waals surface area contributed by atoms with Gasteiger partial charge in [-0.1, -0.05) is 12.8 Å². The van der Waals surface area contributed by atoms with Crippen molar-refractivity contribution in [3.8, 4) is 0 Å². The Morgan fingerprint density at radius 1 is 1.24 bits per heavy atom. The zero-order valence-corrected chi connectivity index (χ0v) is 10.00. The van der Waals surface area contributed by atoms with Crippen LogP contribution < -0.4 is 10.6 Å². The number of hydrogen-bond acceptors (Lipinski definition) is 2. The van der Waals surface area contributed by atoms with Crippen molar-refractivity contribution in [2.75, 3.05) is 6.54 Å². The molecule has 2 amide bonds. The fraction of sp³-hybridized carbons (Fsp3) is 0.833. The van der Waals surface area contributed by atoms with Crippen LogP contribution in [0, 0.1) is 5.92 Å². The summed E-state index contributed by atoms with van der Waals surface area (Å²) in [5.74, 6) is -0.200. The molecule has 2 aliphatic rings. The molecule has 0 radical (unpaired) electrons. The van der Waals surface area contributed by atoms with Crippen LogP contribution in [0.15, 0.2) is 0 Å². The van der Waals surface area contributed by atoms with Gasteiger partial charge in [0.05, 0.1) is 12.0 Å². The number of carbonyl (C=O) groups excluding carboxylic acids is 1. The average Bonchev–Trinajstić information content (AvgIpc) is 2.97. The van der Waals surface area contributed by atoms with Crippen molar-refractivity contribution in [1.29, 1.82) is 0 Å². The van der Waals surface area contributed by atoms with Gasteiger partial charge in [-0.15, -0.1) is 0 Å². The average molecular weight is 240 g/mol. The van der Waals surface area contributed by atoms with E-state index in [0.29, 0.717) is 5.92 Å². The first-order valence-electron chi connectivity index (χ1n) is 6.37. The number of carbonyl (C=O) groups is 2. The molecule has 2 saturated carbocycles. The van der Waals surface area contributed by atoms with E-state index >= 15 is 0 Å². The minimum Gasteiger partial charge on any atom is -0.481 e. The molecule has 0 aromatic rings. The maximum absolute atomic E-state index is 11.7. The van der Waals surface area contributed by atoms with Crippen molar-refractivity contribution in [3.63, 3.8) is 0 Å². The predicted octanol–water partition coefficient (Wildman–Crippen LogP) is 1.48. The highest BCUT2D eigenvalue weighted by molar-refractivity contribution is 5.76. The summed E-state index contributed by atoms with van der Waals surface area (Å²) in [5, 5.41) is 14.6. The lowest BCUT2D eigenvalue weighted by molar-refractivity contribution is -0.138. The molecule has 0 bridgehead atoms. The molecule has 2 aliphatic carbocycles. The first-order chi connectivity index (χ1) is 8.10. The molecule has 0 aliphatic heterocycles. The highest BCUT2D eigenvalue weighted by atomic mass is 16.4. The Kier molecular flexibility index (Phi) is 3.54. The molecule has 2 fully saturated rings. The highest BCUT2D eigenvalue weighted by Crippen LogP contribution is 2.32. The number of nitrogens with one attached hydrogen (secondary N) is 2. The van der Waals surface area contributed by atoms with E-state index in [0.717, 1.165) is 32.2 Å². The quantitative estimate of drug-likeness (QED) is 0.681. The maximum Gasteiger partial charge on any atom is 0.315 e. The van der Waals surface area contributed by atoms with Crippen molar-refractivity contribution >= 4 is 12.0 Å². The summed E-state index contributed by atoms with van der Waals surface area (Å²) < 4.78 is 0. The SMILES string of the molecule is O=C(O)CC1(NC(=O)NCC2CC2)CCCC1. The van der Waals surface area contributed by atoms with Gasteiger partial charge in [0.15, 0.2) is 0 Å². The largest absolute Gasteiger partial charge is 0.481 e. The van der Waals surface area contributed by atoms with Crippen molar-refractivity contribution in [1.82, 2.24) is 10.6 Å². The lowest BCUT2D eigenvalue weighted by atomic mass is 9.93. The molecule has 96 valence electrons. The molecule has 0 aromatic heterocycles. The second kappa shape index (κ2) is 4.94. The van der Waals surface area contributed by atoms with Crippen LogP contribution in [0.25, 0.3) is 0 Å². The third-order valence-electron chi connectivity index (χ3n) is 3.68. The monoisotopic (exact) mass is 240 g/mol. The van der Waals surface area contributed by atoms with E-state index < -0.39 is 11.5 Å². The smallest absolute Gasteiger partial charge is 0.315 e. The normalized spacial score (nSPS) is 22.1. The van der Waals surface area contributed by atoms with E-state index in [1.54, 1.807) is 0 Å². The summed E-state index contributed by atoms with van der Waals surface area (Å²) in [6.45, 7) is 0.717. The summed E-state index contributed by atoms with van der Waals surface area (Å²) in [6.07, 6.45) is 5.96. The van der Waals surface area contributed by atoms with Gasteiger partial charge >= 0.3 is 12.0 Å². The third-order valence-corrected chi connectivity index (χ3v) is 3.68. The number of amides is 2. The Bertz CT molecular complexity index is 307. The Balaban J connectivity index is 1.82. The first-order valence-corrected chi connectivity index (χ1v) is 6.37. The minimum absolute atomic E-state index is 0.0316. The fourth-order valence-electron chi connectivity index (χ4n) is 2.53. The van der Waals surface area contributed by atoms with Gasteiger partial charge in [0, 0.05) is 6.54 Å². The molecule has 0 unspecified atom stereocenters. The number of urea groups is 1. The van der Waals surface area contributed by atoms with Crippen molar-refractivity contribution in [2.45, 2.75) is 50.5 Å². The van der Waals surface area contributed by atoms with E-state index in [4.69, 9.17) is 5.11 Å². The van der Waals surface area contributed by atoms with Gasteiger partial charge < -0.3 is 15.7 Å². The van der Waals surface area contributed by atoms with Gasteiger partial charge in [-0.05, 0) is 31.6 Å². The molecule has 0 heterocycles. The lowest BCUT2D eigenvalue weighted by Crippen LogP contribution is -2.51. The zero-order chi connectivity index (χ0) is 12.3. The number of carboxylic acid groups (broad SMARTS) is 1. The van der Waals surface area contributed by atoms with Crippen LogP contribution in [0.2, 0.25) is 0 Å². The minimum atomic E-state index is -0.839. The molecule has 0 atom stereocenters. The molecular weight excluding hydrogens is 220 g/mol. The summed E-state index contributed by atoms with van der Waals surface area (Å²) in [7, 11) is 0. The number of aliphatic carboxylic acids is 1. The number of hydrogen-bond donors (Lipinski definition) is 3. The molecule has 5 heteroatoms. The second-order valence-corrected chi connectivity index (χ2v) is 5.34. The molecule has 0 saturated heterocycles. The number of carboxylic acids is 1. The van der Waals surface area contributed by atoms with E-state index in [9.17, 15) is 9.59 Å². The van der Waals surface area contributed by atoms with Gasteiger partial charge in [-0.3, -0.25) is 4.79 Å². The molecular formula is C12H20N2O3. The number of rotatable bonds is 5. The topological polar surface area (TPSA) is 78.4 Å². The van der Waals surface area contributed by atoms with E-state index in [-0.39, 0.29) is 12.5 Å². The first kappa shape index (κ1) is 12.2. The van der Waals surface area contributed by atoms with Crippen LogP contribution >= 0.6 is 0 Å². The predicted molar refractivity (Wildman–Crippen MR) is 62.7 cm³/mol. The third kappa shape index (κ3) is 3.61. The second-order valence-electron chi connectivity index (χ2n) is 5.34. The van der Waals surface area contributed by atoms with Crippen LogP contribution in [0.3, 0.4) is 0 Å². The summed E-state index contributed by atoms with van der Waals surface area (Å²) in [4.78, 5) is 22.5. The van der Waals surface area contributed by atoms with Crippen LogP contribution in [-0.4, -0.2) is 29.2 Å². The summed E-state index contributed by atoms with van der Waals surface area (Å²) in [6, 6.07) is -0.208. The van der Waals surface area contributed by atoms with Gasteiger partial charge in [-0.2, -0.15) is 0 Å². The molecule has 0 aromatic carbocycles. The Morgan fingerprint density at radius 2 is 1.88 bits per heavy atom. The molecule has 17 heavy (non-hydrogen) atoms. The standard InChI is InChI=1S/C12H20N2O3/c15-10(16)7-12(5-1-2-6-12)14-11(17)13-8-9-3-4-9/h9H,1-8H2,(H,15,16)(H2,13,14,17). The van der Waals surface area contributed by atoms with Gasteiger partial charge in [-0.25, -0.2) is 4.79 Å². The summed E-state index contributed by atoms with van der Waals surface area (Å²) >= 11 is 0. The highest BCUT2D eigenvalue weighted by Gasteiger charge is 2.37. The van der Waals surface area contributed by atoms with E-state index in [2.05, 4.69) is 10.6 Å². The Morgan fingerprint density at radius 3 is 2.41 bits per heavy atom. The Labute approximate surface area is 101 Å². The molecule has 2 rings (SSSR count). The summed E-state index contributed by atoms with van der Waals surface area (Å²) in [5.41, 5.74) is -0.514. The maximum atomic E-state index is 11.7. The van der Waals surface area contributed by atoms with Gasteiger partial charge in [0.25, 0.3) is 0 Å². The lowest BCUT2D eigenvalue weighted by Gasteiger charge is -2.28. The van der Waals surface area contributed by atoms with Crippen LogP contribution in [-0.2, 0) is 4.79 Å². The fourth-order valence-corrected chi connectivity index (χ4v) is 2.53. The zero-order valence-electron chi connectivity index (χ0n) is 10.00. The van der Waals surface area contributed by atoms with Crippen LogP contribution in [0.5, 0.6) is 0 Å². The van der Waals surface area contributed by atoms with E-state index in [1.807, 2.05) is 0 Å². The van der Waals surface area contributed by atoms with Crippen molar-refractivity contribution in [3.05, 3.63) is 0 Å². The Hall–Kier alpha value is -1.26. The van der Waals surface area contributed by atoms with Crippen LogP contribution in [0.4, 0.5) is 4.79 Å².